The summed E-state index contributed by atoms with van der Waals surface area (Å²) in [6.45, 7) is 6.47. The second-order valence-electron chi connectivity index (χ2n) is 11.8. The van der Waals surface area contributed by atoms with Crippen molar-refractivity contribution in [3.63, 3.8) is 0 Å². The van der Waals surface area contributed by atoms with Gasteiger partial charge in [0.2, 0.25) is 0 Å². The van der Waals surface area contributed by atoms with Crippen molar-refractivity contribution in [1.82, 2.24) is 0 Å². The Balaban J connectivity index is 1.63. The zero-order valence-electron chi connectivity index (χ0n) is 25.2. The van der Waals surface area contributed by atoms with E-state index in [4.69, 9.17) is 0 Å². The molecule has 4 aromatic rings. The molecule has 0 aromatic heterocycles. The van der Waals surface area contributed by atoms with Crippen molar-refractivity contribution >= 4 is 19.6 Å². The van der Waals surface area contributed by atoms with Gasteiger partial charge in [-0.25, -0.2) is 4.39 Å². The fourth-order valence-electron chi connectivity index (χ4n) is 6.47. The van der Waals surface area contributed by atoms with Gasteiger partial charge in [-0.3, -0.25) is 0 Å². The van der Waals surface area contributed by atoms with E-state index in [0.717, 1.165) is 74.8 Å². The Hall–Kier alpha value is -3.16. The van der Waals surface area contributed by atoms with Crippen LogP contribution in [0.1, 0.15) is 86.6 Å². The summed E-state index contributed by atoms with van der Waals surface area (Å²) >= 11 is 0. The number of phenols is 1. The van der Waals surface area contributed by atoms with E-state index in [2.05, 4.69) is 85.5 Å². The summed E-state index contributed by atoms with van der Waals surface area (Å²) in [5, 5.41) is 13.1. The lowest BCUT2D eigenvalue weighted by molar-refractivity contribution is 0.434. The standard InChI is InChI=1S/C38H45FNOP/c1-3-5-21-38(4-2,42-36-20-19-33(39)28-35(36)40-22-13-8-14-23-40)34-27-31(24-29-15-9-6-10-16-29)26-32(37(34)41)25-30-17-11-7-12-18-30/h6-7,9-12,15-20,26-28,41-42H,3-5,8,13-14,21-25H2,1-2H3. The lowest BCUT2D eigenvalue weighted by Crippen LogP contribution is -2.33. The molecule has 0 spiro atoms. The SMILES string of the molecule is CCCCC(CC)(Pc1ccc(F)cc1N1CCCCC1)c1cc(Cc2ccccc2)cc(Cc2ccccc2)c1O. The van der Waals surface area contributed by atoms with Gasteiger partial charge in [0, 0.05) is 35.9 Å². The maximum Gasteiger partial charge on any atom is 0.125 e. The van der Waals surface area contributed by atoms with E-state index in [9.17, 15) is 9.50 Å². The Morgan fingerprint density at radius 2 is 1.45 bits per heavy atom. The average molecular weight is 582 g/mol. The van der Waals surface area contributed by atoms with E-state index in [-0.39, 0.29) is 11.0 Å². The van der Waals surface area contributed by atoms with Gasteiger partial charge < -0.3 is 10.0 Å². The zero-order chi connectivity index (χ0) is 29.4. The highest BCUT2D eigenvalue weighted by atomic mass is 31.1. The van der Waals surface area contributed by atoms with Crippen LogP contribution in [0.3, 0.4) is 0 Å². The molecule has 220 valence electrons. The third-order valence-corrected chi connectivity index (χ3v) is 10.9. The smallest absolute Gasteiger partial charge is 0.125 e. The van der Waals surface area contributed by atoms with Gasteiger partial charge in [-0.05, 0) is 84.3 Å². The molecule has 2 atom stereocenters. The third kappa shape index (κ3) is 7.24. The van der Waals surface area contributed by atoms with Crippen molar-refractivity contribution < 1.29 is 9.50 Å². The van der Waals surface area contributed by atoms with Crippen molar-refractivity contribution in [2.45, 2.75) is 76.8 Å². The maximum atomic E-state index is 14.7. The van der Waals surface area contributed by atoms with Crippen LogP contribution in [-0.2, 0) is 18.0 Å². The molecule has 1 aliphatic rings. The summed E-state index contributed by atoms with van der Waals surface area (Å²) in [5.41, 5.74) is 6.79. The molecule has 5 rings (SSSR count). The van der Waals surface area contributed by atoms with Crippen molar-refractivity contribution in [2.75, 3.05) is 18.0 Å². The van der Waals surface area contributed by atoms with Crippen LogP contribution in [0.5, 0.6) is 5.75 Å². The molecule has 1 saturated heterocycles. The number of benzene rings is 4. The van der Waals surface area contributed by atoms with Crippen LogP contribution in [0.15, 0.2) is 91.0 Å². The molecule has 4 aromatic carbocycles. The molecule has 4 heteroatoms. The lowest BCUT2D eigenvalue weighted by atomic mass is 9.85. The fraction of sp³-hybridized carbons (Fsp3) is 0.368. The summed E-state index contributed by atoms with van der Waals surface area (Å²) in [6.07, 6.45) is 9.13. The number of phenolic OH excluding ortho intramolecular Hbond substituents is 1. The Bertz CT molecular complexity index is 1430. The molecule has 42 heavy (non-hydrogen) atoms. The Morgan fingerprint density at radius 1 is 0.786 bits per heavy atom. The van der Waals surface area contributed by atoms with Crippen LogP contribution in [0.4, 0.5) is 10.1 Å². The number of hydrogen-bond donors (Lipinski definition) is 1. The topological polar surface area (TPSA) is 23.5 Å². The lowest BCUT2D eigenvalue weighted by Gasteiger charge is -2.38. The highest BCUT2D eigenvalue weighted by molar-refractivity contribution is 7.49. The van der Waals surface area contributed by atoms with Crippen molar-refractivity contribution in [2.24, 2.45) is 0 Å². The van der Waals surface area contributed by atoms with E-state index in [1.54, 1.807) is 12.1 Å². The van der Waals surface area contributed by atoms with Crippen LogP contribution in [0, 0.1) is 5.82 Å². The first kappa shape index (κ1) is 30.3. The van der Waals surface area contributed by atoms with Crippen LogP contribution in [0.25, 0.3) is 0 Å². The summed E-state index contributed by atoms with van der Waals surface area (Å²) in [7, 11) is 0.429. The van der Waals surface area contributed by atoms with Crippen LogP contribution >= 0.6 is 8.58 Å². The minimum atomic E-state index is -0.236. The zero-order valence-corrected chi connectivity index (χ0v) is 26.2. The molecule has 0 bridgehead atoms. The van der Waals surface area contributed by atoms with Gasteiger partial charge in [-0.1, -0.05) is 108 Å². The monoisotopic (exact) mass is 581 g/mol. The molecule has 0 aliphatic carbocycles. The third-order valence-electron chi connectivity index (χ3n) is 8.84. The van der Waals surface area contributed by atoms with Crippen molar-refractivity contribution in [3.05, 3.63) is 125 Å². The second-order valence-corrected chi connectivity index (χ2v) is 13.6. The quantitative estimate of drug-likeness (QED) is 0.168. The Labute approximate surface area is 253 Å². The van der Waals surface area contributed by atoms with Gasteiger partial charge in [-0.2, -0.15) is 0 Å². The number of halogens is 1. The predicted octanol–water partition coefficient (Wildman–Crippen LogP) is 9.50. The average Bonchev–Trinajstić information content (AvgIpc) is 3.03. The maximum absolute atomic E-state index is 14.7. The number of rotatable bonds is 12. The number of aromatic hydroxyl groups is 1. The van der Waals surface area contributed by atoms with Crippen LogP contribution in [0.2, 0.25) is 0 Å². The number of unbranched alkanes of at least 4 members (excludes halogenated alkanes) is 1. The van der Waals surface area contributed by atoms with Crippen LogP contribution in [-0.4, -0.2) is 18.2 Å². The van der Waals surface area contributed by atoms with E-state index in [1.807, 2.05) is 12.1 Å². The molecular formula is C38H45FNOP. The minimum absolute atomic E-state index is 0.169. The minimum Gasteiger partial charge on any atom is -0.507 e. The Morgan fingerprint density at radius 3 is 2.10 bits per heavy atom. The van der Waals surface area contributed by atoms with E-state index >= 15 is 0 Å². The summed E-state index contributed by atoms with van der Waals surface area (Å²) in [5.74, 6) is 0.264. The first-order valence-corrected chi connectivity index (χ1v) is 16.8. The number of piperidine rings is 1. The predicted molar refractivity (Wildman–Crippen MR) is 179 cm³/mol. The largest absolute Gasteiger partial charge is 0.507 e. The molecule has 1 N–H and O–H groups in total. The molecule has 1 fully saturated rings. The molecule has 0 amide bonds. The van der Waals surface area contributed by atoms with Gasteiger partial charge in [0.15, 0.2) is 0 Å². The van der Waals surface area contributed by atoms with Gasteiger partial charge >= 0.3 is 0 Å². The Kier molecular flexibility index (Phi) is 10.3. The van der Waals surface area contributed by atoms with Gasteiger partial charge in [0.25, 0.3) is 0 Å². The van der Waals surface area contributed by atoms with Gasteiger partial charge in [0.05, 0.1) is 0 Å². The molecule has 0 saturated carbocycles. The molecule has 1 heterocycles. The highest BCUT2D eigenvalue weighted by Crippen LogP contribution is 2.53. The number of nitrogens with zero attached hydrogens (tertiary/aromatic N) is 1. The van der Waals surface area contributed by atoms with E-state index < -0.39 is 0 Å². The van der Waals surface area contributed by atoms with Crippen LogP contribution < -0.4 is 10.2 Å². The summed E-state index contributed by atoms with van der Waals surface area (Å²) in [6, 6.07) is 30.9. The number of hydrogen-bond acceptors (Lipinski definition) is 2. The fourth-order valence-corrected chi connectivity index (χ4v) is 8.32. The molecule has 2 nitrogen and oxygen atoms in total. The van der Waals surface area contributed by atoms with Gasteiger partial charge in [-0.15, -0.1) is 0 Å². The molecule has 0 radical (unpaired) electrons. The van der Waals surface area contributed by atoms with Crippen molar-refractivity contribution in [1.29, 1.82) is 0 Å². The molecule has 2 unspecified atom stereocenters. The van der Waals surface area contributed by atoms with Crippen molar-refractivity contribution in [3.8, 4) is 5.75 Å². The normalized spacial score (nSPS) is 15.3. The molecule has 1 aliphatic heterocycles. The molecular weight excluding hydrogens is 536 g/mol. The summed E-state index contributed by atoms with van der Waals surface area (Å²) in [4.78, 5) is 2.39. The highest BCUT2D eigenvalue weighted by Gasteiger charge is 2.35. The second kappa shape index (κ2) is 14.3. The summed E-state index contributed by atoms with van der Waals surface area (Å²) < 4.78 is 14.7. The van der Waals surface area contributed by atoms with Gasteiger partial charge in [0.1, 0.15) is 11.6 Å². The first-order valence-electron chi connectivity index (χ1n) is 15.8. The first-order chi connectivity index (χ1) is 20.5. The van der Waals surface area contributed by atoms with E-state index in [0.29, 0.717) is 20.8 Å². The van der Waals surface area contributed by atoms with E-state index in [1.165, 1.54) is 28.4 Å². The number of anilines is 1.